The third-order valence-corrected chi connectivity index (χ3v) is 1.19. The van der Waals surface area contributed by atoms with Crippen molar-refractivity contribution in [1.82, 2.24) is 5.32 Å². The van der Waals surface area contributed by atoms with Crippen LogP contribution in [0.15, 0.2) is 12.2 Å². The SMILES string of the molecule is C=C(C)C(NC(=O)OC)C(=O)O. The van der Waals surface area contributed by atoms with Gasteiger partial charge in [-0.1, -0.05) is 6.58 Å². The highest BCUT2D eigenvalue weighted by molar-refractivity contribution is 5.82. The van der Waals surface area contributed by atoms with Crippen molar-refractivity contribution in [1.29, 1.82) is 0 Å². The fraction of sp³-hybridized carbons (Fsp3) is 0.429. The molecule has 0 aliphatic heterocycles. The Labute approximate surface area is 70.0 Å². The molecule has 0 saturated heterocycles. The highest BCUT2D eigenvalue weighted by Gasteiger charge is 2.20. The van der Waals surface area contributed by atoms with Gasteiger partial charge in [0.2, 0.25) is 0 Å². The van der Waals surface area contributed by atoms with Crippen molar-refractivity contribution in [3.63, 3.8) is 0 Å². The van der Waals surface area contributed by atoms with E-state index in [1.807, 2.05) is 0 Å². The maximum atomic E-state index is 10.6. The van der Waals surface area contributed by atoms with Gasteiger partial charge in [0.05, 0.1) is 7.11 Å². The third-order valence-electron chi connectivity index (χ3n) is 1.19. The Kier molecular flexibility index (Phi) is 3.82. The Morgan fingerprint density at radius 1 is 1.58 bits per heavy atom. The van der Waals surface area contributed by atoms with Crippen LogP contribution in [-0.4, -0.2) is 30.3 Å². The van der Waals surface area contributed by atoms with E-state index in [0.29, 0.717) is 5.57 Å². The van der Waals surface area contributed by atoms with Crippen LogP contribution in [-0.2, 0) is 9.53 Å². The lowest BCUT2D eigenvalue weighted by atomic mass is 10.1. The van der Waals surface area contributed by atoms with E-state index in [1.165, 1.54) is 6.92 Å². The van der Waals surface area contributed by atoms with Crippen LogP contribution in [0.25, 0.3) is 0 Å². The van der Waals surface area contributed by atoms with Crippen LogP contribution in [0.2, 0.25) is 0 Å². The molecule has 0 heterocycles. The number of alkyl carbamates (subject to hydrolysis) is 1. The molecule has 0 aliphatic carbocycles. The molecule has 1 atom stereocenters. The molecule has 0 radical (unpaired) electrons. The molecule has 0 fully saturated rings. The van der Waals surface area contributed by atoms with Crippen LogP contribution in [0.3, 0.4) is 0 Å². The van der Waals surface area contributed by atoms with Crippen LogP contribution >= 0.6 is 0 Å². The molecule has 1 amide bonds. The number of carbonyl (C=O) groups excluding carboxylic acids is 1. The summed E-state index contributed by atoms with van der Waals surface area (Å²) < 4.78 is 4.23. The van der Waals surface area contributed by atoms with Crippen molar-refractivity contribution in [3.8, 4) is 0 Å². The lowest BCUT2D eigenvalue weighted by Crippen LogP contribution is -2.41. The summed E-state index contributed by atoms with van der Waals surface area (Å²) in [5, 5.41) is 10.7. The van der Waals surface area contributed by atoms with Crippen molar-refractivity contribution in [2.75, 3.05) is 7.11 Å². The molecule has 12 heavy (non-hydrogen) atoms. The van der Waals surface area contributed by atoms with Crippen molar-refractivity contribution < 1.29 is 19.4 Å². The number of ether oxygens (including phenoxy) is 1. The summed E-state index contributed by atoms with van der Waals surface area (Å²) >= 11 is 0. The number of amides is 1. The smallest absolute Gasteiger partial charge is 0.407 e. The van der Waals surface area contributed by atoms with Gasteiger partial charge in [-0.3, -0.25) is 0 Å². The van der Waals surface area contributed by atoms with E-state index >= 15 is 0 Å². The summed E-state index contributed by atoms with van der Waals surface area (Å²) in [6, 6.07) is -1.09. The minimum Gasteiger partial charge on any atom is -0.479 e. The first-order valence-electron chi connectivity index (χ1n) is 3.21. The second-order valence-electron chi connectivity index (χ2n) is 2.25. The van der Waals surface area contributed by atoms with Crippen LogP contribution in [0.1, 0.15) is 6.92 Å². The number of nitrogens with one attached hydrogen (secondary N) is 1. The molecule has 5 nitrogen and oxygen atoms in total. The lowest BCUT2D eigenvalue weighted by molar-refractivity contribution is -0.138. The largest absolute Gasteiger partial charge is 0.479 e. The van der Waals surface area contributed by atoms with E-state index in [9.17, 15) is 9.59 Å². The zero-order valence-corrected chi connectivity index (χ0v) is 6.96. The monoisotopic (exact) mass is 173 g/mol. The number of hydrogen-bond acceptors (Lipinski definition) is 3. The predicted octanol–water partition coefficient (Wildman–Crippen LogP) is 0.372. The number of carboxylic acids is 1. The molecule has 0 spiro atoms. The summed E-state index contributed by atoms with van der Waals surface area (Å²) in [6.07, 6.45) is -0.787. The summed E-state index contributed by atoms with van der Waals surface area (Å²) in [6.45, 7) is 4.92. The van der Waals surface area contributed by atoms with Crippen molar-refractivity contribution >= 4 is 12.1 Å². The van der Waals surface area contributed by atoms with Gasteiger partial charge < -0.3 is 15.2 Å². The second kappa shape index (κ2) is 4.38. The fourth-order valence-corrected chi connectivity index (χ4v) is 0.572. The summed E-state index contributed by atoms with van der Waals surface area (Å²) in [5.41, 5.74) is 0.341. The topological polar surface area (TPSA) is 75.6 Å². The van der Waals surface area contributed by atoms with Gasteiger partial charge in [-0.25, -0.2) is 9.59 Å². The Hall–Kier alpha value is -1.52. The van der Waals surface area contributed by atoms with Crippen molar-refractivity contribution in [2.45, 2.75) is 13.0 Å². The van der Waals surface area contributed by atoms with Crippen molar-refractivity contribution in [3.05, 3.63) is 12.2 Å². The van der Waals surface area contributed by atoms with Crippen LogP contribution in [0.5, 0.6) is 0 Å². The standard InChI is InChI=1S/C7H11NO4/c1-4(2)5(6(9)10)8-7(11)12-3/h5H,1H2,2-3H3,(H,8,11)(H,9,10). The first kappa shape index (κ1) is 10.5. The number of carbonyl (C=O) groups is 2. The molecule has 0 saturated carbocycles. The average Bonchev–Trinajstić information content (AvgIpc) is 1.98. The Morgan fingerprint density at radius 3 is 2.33 bits per heavy atom. The minimum absolute atomic E-state index is 0.341. The van der Waals surface area contributed by atoms with Gasteiger partial charge in [0, 0.05) is 0 Å². The molecule has 0 aromatic heterocycles. The number of rotatable bonds is 3. The summed E-state index contributed by atoms with van der Waals surface area (Å²) in [4.78, 5) is 21.1. The van der Waals surface area contributed by atoms with E-state index in [-0.39, 0.29) is 0 Å². The normalized spacial score (nSPS) is 11.5. The molecule has 2 N–H and O–H groups in total. The molecular formula is C7H11NO4. The Morgan fingerprint density at radius 2 is 2.08 bits per heavy atom. The van der Waals surface area contributed by atoms with E-state index in [2.05, 4.69) is 16.6 Å². The average molecular weight is 173 g/mol. The quantitative estimate of drug-likeness (QED) is 0.604. The highest BCUT2D eigenvalue weighted by Crippen LogP contribution is 1.97. The van der Waals surface area contributed by atoms with Crippen LogP contribution in [0.4, 0.5) is 4.79 Å². The van der Waals surface area contributed by atoms with Gasteiger partial charge in [0.25, 0.3) is 0 Å². The van der Waals surface area contributed by atoms with Crippen LogP contribution in [0, 0.1) is 0 Å². The number of carboxylic acid groups (broad SMARTS) is 1. The molecule has 68 valence electrons. The molecular weight excluding hydrogens is 162 g/mol. The number of hydrogen-bond donors (Lipinski definition) is 2. The Balaban J connectivity index is 4.24. The van der Waals surface area contributed by atoms with E-state index in [4.69, 9.17) is 5.11 Å². The molecule has 0 aliphatic rings. The maximum Gasteiger partial charge on any atom is 0.407 e. The lowest BCUT2D eigenvalue weighted by Gasteiger charge is -2.12. The van der Waals surface area contributed by atoms with E-state index in [1.54, 1.807) is 0 Å². The number of aliphatic carboxylic acids is 1. The fourth-order valence-electron chi connectivity index (χ4n) is 0.572. The van der Waals surface area contributed by atoms with E-state index in [0.717, 1.165) is 7.11 Å². The molecule has 1 unspecified atom stereocenters. The highest BCUT2D eigenvalue weighted by atomic mass is 16.5. The van der Waals surface area contributed by atoms with Gasteiger partial charge in [-0.05, 0) is 12.5 Å². The van der Waals surface area contributed by atoms with Crippen molar-refractivity contribution in [2.24, 2.45) is 0 Å². The molecule has 0 aromatic rings. The number of methoxy groups -OCH3 is 1. The molecule has 0 rings (SSSR count). The minimum atomic E-state index is -1.16. The zero-order chi connectivity index (χ0) is 9.72. The zero-order valence-electron chi connectivity index (χ0n) is 6.96. The second-order valence-corrected chi connectivity index (χ2v) is 2.25. The molecule has 5 heteroatoms. The third kappa shape index (κ3) is 3.05. The van der Waals surface area contributed by atoms with Gasteiger partial charge in [0.1, 0.15) is 0 Å². The predicted molar refractivity (Wildman–Crippen MR) is 41.8 cm³/mol. The van der Waals surface area contributed by atoms with Gasteiger partial charge in [0.15, 0.2) is 6.04 Å². The van der Waals surface area contributed by atoms with Gasteiger partial charge in [-0.15, -0.1) is 0 Å². The molecule has 0 bridgehead atoms. The summed E-state index contributed by atoms with van der Waals surface area (Å²) in [7, 11) is 1.16. The van der Waals surface area contributed by atoms with Gasteiger partial charge in [-0.2, -0.15) is 0 Å². The first-order valence-corrected chi connectivity index (χ1v) is 3.21. The summed E-state index contributed by atoms with van der Waals surface area (Å²) in [5.74, 6) is -1.16. The van der Waals surface area contributed by atoms with Crippen LogP contribution < -0.4 is 5.32 Å². The maximum absolute atomic E-state index is 10.6. The van der Waals surface area contributed by atoms with E-state index < -0.39 is 18.1 Å². The Bertz CT molecular complexity index is 197. The molecule has 0 aromatic carbocycles. The first-order chi connectivity index (χ1) is 5.49. The van der Waals surface area contributed by atoms with Gasteiger partial charge >= 0.3 is 12.1 Å².